The van der Waals surface area contributed by atoms with Crippen molar-refractivity contribution in [3.05, 3.63) is 0 Å². The van der Waals surface area contributed by atoms with Gasteiger partial charge in [0.15, 0.2) is 0 Å². The number of hydrogen-bond acceptors (Lipinski definition) is 4. The molecule has 0 aromatic rings. The Balaban J connectivity index is 0. The average Bonchev–Trinajstić information content (AvgIpc) is 2.35. The highest BCUT2D eigenvalue weighted by Gasteiger charge is 2.16. The van der Waals surface area contributed by atoms with Gasteiger partial charge >= 0.3 is 0 Å². The minimum Gasteiger partial charge on any atom is -0.395 e. The van der Waals surface area contributed by atoms with Crippen LogP contribution in [0.3, 0.4) is 0 Å². The number of hydrogen-bond donors (Lipinski definition) is 3. The SMILES string of the molecule is CCCC(C)(C)OCCC(C)C.O=C(CO)NCCO. The van der Waals surface area contributed by atoms with Crippen LogP contribution in [0.2, 0.25) is 0 Å². The minimum atomic E-state index is -0.514. The van der Waals surface area contributed by atoms with Crippen molar-refractivity contribution in [2.24, 2.45) is 5.92 Å². The van der Waals surface area contributed by atoms with Gasteiger partial charge in [0.25, 0.3) is 0 Å². The molecule has 0 fully saturated rings. The average molecular weight is 291 g/mol. The van der Waals surface area contributed by atoms with Gasteiger partial charge in [-0.25, -0.2) is 0 Å². The first-order valence-corrected chi connectivity index (χ1v) is 7.41. The molecule has 20 heavy (non-hydrogen) atoms. The molecule has 0 spiro atoms. The molecule has 0 saturated heterocycles. The number of carbonyl (C=O) groups is 1. The molecule has 1 amide bonds. The number of amides is 1. The predicted molar refractivity (Wildman–Crippen MR) is 81.6 cm³/mol. The molecule has 122 valence electrons. The highest BCUT2D eigenvalue weighted by atomic mass is 16.5. The summed E-state index contributed by atoms with van der Waals surface area (Å²) in [5.41, 5.74) is 0.0869. The Kier molecular flexibility index (Phi) is 14.4. The van der Waals surface area contributed by atoms with Crippen molar-refractivity contribution in [2.45, 2.75) is 59.5 Å². The van der Waals surface area contributed by atoms with Gasteiger partial charge in [0.05, 0.1) is 12.2 Å². The molecular formula is C15H33NO4. The van der Waals surface area contributed by atoms with E-state index in [9.17, 15) is 4.79 Å². The highest BCUT2D eigenvalue weighted by molar-refractivity contribution is 5.76. The van der Waals surface area contributed by atoms with E-state index in [2.05, 4.69) is 39.9 Å². The van der Waals surface area contributed by atoms with Gasteiger partial charge in [0.2, 0.25) is 5.91 Å². The topological polar surface area (TPSA) is 78.8 Å². The smallest absolute Gasteiger partial charge is 0.245 e. The third-order valence-electron chi connectivity index (χ3n) is 2.62. The molecule has 5 nitrogen and oxygen atoms in total. The van der Waals surface area contributed by atoms with Crippen LogP contribution in [0.25, 0.3) is 0 Å². The van der Waals surface area contributed by atoms with Crippen molar-refractivity contribution in [1.29, 1.82) is 0 Å². The molecule has 0 rings (SSSR count). The first-order valence-electron chi connectivity index (χ1n) is 7.41. The van der Waals surface area contributed by atoms with Crippen LogP contribution in [0.15, 0.2) is 0 Å². The van der Waals surface area contributed by atoms with Gasteiger partial charge in [-0.15, -0.1) is 0 Å². The fraction of sp³-hybridized carbons (Fsp3) is 0.933. The van der Waals surface area contributed by atoms with Crippen molar-refractivity contribution in [3.8, 4) is 0 Å². The Morgan fingerprint density at radius 1 is 1.30 bits per heavy atom. The maximum absolute atomic E-state index is 10.1. The summed E-state index contributed by atoms with van der Waals surface area (Å²) >= 11 is 0. The molecule has 5 heteroatoms. The van der Waals surface area contributed by atoms with Crippen LogP contribution in [0.4, 0.5) is 0 Å². The van der Waals surface area contributed by atoms with E-state index >= 15 is 0 Å². The molecule has 0 heterocycles. The Bertz CT molecular complexity index is 230. The van der Waals surface area contributed by atoms with E-state index in [-0.39, 0.29) is 18.8 Å². The number of nitrogens with one attached hydrogen (secondary N) is 1. The molecule has 0 aromatic carbocycles. The van der Waals surface area contributed by atoms with Crippen molar-refractivity contribution < 1.29 is 19.7 Å². The Morgan fingerprint density at radius 2 is 1.90 bits per heavy atom. The van der Waals surface area contributed by atoms with E-state index in [4.69, 9.17) is 14.9 Å². The third kappa shape index (κ3) is 17.4. The molecule has 0 saturated carbocycles. The quantitative estimate of drug-likeness (QED) is 0.604. The molecule has 0 unspecified atom stereocenters. The summed E-state index contributed by atoms with van der Waals surface area (Å²) in [4.78, 5) is 10.1. The Hall–Kier alpha value is -0.650. The fourth-order valence-electron chi connectivity index (χ4n) is 1.50. The van der Waals surface area contributed by atoms with Gasteiger partial charge in [0.1, 0.15) is 6.61 Å². The summed E-state index contributed by atoms with van der Waals surface area (Å²) in [5, 5.41) is 18.4. The zero-order valence-electron chi connectivity index (χ0n) is 13.7. The normalized spacial score (nSPS) is 11.0. The second kappa shape index (κ2) is 13.3. The van der Waals surface area contributed by atoms with Crippen molar-refractivity contribution in [2.75, 3.05) is 26.4 Å². The van der Waals surface area contributed by atoms with Crippen molar-refractivity contribution in [3.63, 3.8) is 0 Å². The van der Waals surface area contributed by atoms with E-state index < -0.39 is 12.5 Å². The molecule has 0 aliphatic carbocycles. The summed E-state index contributed by atoms with van der Waals surface area (Å²) in [5.74, 6) is 0.293. The first kappa shape index (κ1) is 21.6. The van der Waals surface area contributed by atoms with Gasteiger partial charge in [-0.05, 0) is 32.6 Å². The van der Waals surface area contributed by atoms with Crippen LogP contribution in [0.5, 0.6) is 0 Å². The Morgan fingerprint density at radius 3 is 2.30 bits per heavy atom. The zero-order valence-corrected chi connectivity index (χ0v) is 13.7. The molecule has 0 aromatic heterocycles. The lowest BCUT2D eigenvalue weighted by atomic mass is 10.0. The lowest BCUT2D eigenvalue weighted by Gasteiger charge is -2.25. The second-order valence-electron chi connectivity index (χ2n) is 5.77. The van der Waals surface area contributed by atoms with E-state index in [0.29, 0.717) is 0 Å². The van der Waals surface area contributed by atoms with E-state index in [1.807, 2.05) is 0 Å². The monoisotopic (exact) mass is 291 g/mol. The van der Waals surface area contributed by atoms with Crippen LogP contribution < -0.4 is 5.32 Å². The van der Waals surface area contributed by atoms with Crippen LogP contribution in [-0.2, 0) is 9.53 Å². The van der Waals surface area contributed by atoms with Gasteiger partial charge in [-0.2, -0.15) is 0 Å². The minimum absolute atomic E-state index is 0.0869. The first-order chi connectivity index (χ1) is 9.29. The highest BCUT2D eigenvalue weighted by Crippen LogP contribution is 2.17. The predicted octanol–water partition coefficient (Wildman–Crippen LogP) is 1.71. The molecule has 0 radical (unpaired) electrons. The van der Waals surface area contributed by atoms with Gasteiger partial charge in [-0.3, -0.25) is 4.79 Å². The van der Waals surface area contributed by atoms with E-state index in [0.717, 1.165) is 18.9 Å². The van der Waals surface area contributed by atoms with Crippen LogP contribution >= 0.6 is 0 Å². The van der Waals surface area contributed by atoms with Crippen LogP contribution in [0.1, 0.15) is 53.9 Å². The molecule has 0 aliphatic rings. The van der Waals surface area contributed by atoms with Gasteiger partial charge in [0, 0.05) is 13.2 Å². The largest absolute Gasteiger partial charge is 0.395 e. The standard InChI is InChI=1S/C11H24O.C4H9NO3/c1-6-8-11(4,5)12-9-7-10(2)3;6-2-1-5-4(8)3-7/h10H,6-9H2,1-5H3;6-7H,1-3H2,(H,5,8). The molecular weight excluding hydrogens is 258 g/mol. The summed E-state index contributed by atoms with van der Waals surface area (Å²) in [6, 6.07) is 0. The maximum atomic E-state index is 10.1. The number of carbonyl (C=O) groups excluding carboxylic acids is 1. The summed E-state index contributed by atoms with van der Waals surface area (Å²) in [7, 11) is 0. The number of rotatable bonds is 9. The lowest BCUT2D eigenvalue weighted by molar-refractivity contribution is -0.123. The molecule has 0 aliphatic heterocycles. The van der Waals surface area contributed by atoms with Gasteiger partial charge in [-0.1, -0.05) is 27.2 Å². The van der Waals surface area contributed by atoms with Crippen molar-refractivity contribution >= 4 is 5.91 Å². The van der Waals surface area contributed by atoms with E-state index in [1.54, 1.807) is 0 Å². The van der Waals surface area contributed by atoms with Crippen LogP contribution in [0, 0.1) is 5.92 Å². The molecule has 0 bridgehead atoms. The zero-order chi connectivity index (χ0) is 16.0. The molecule has 0 atom stereocenters. The maximum Gasteiger partial charge on any atom is 0.245 e. The third-order valence-corrected chi connectivity index (χ3v) is 2.62. The molecule has 3 N–H and O–H groups in total. The summed E-state index contributed by atoms with van der Waals surface area (Å²) in [6.45, 7) is 11.5. The van der Waals surface area contributed by atoms with Crippen LogP contribution in [-0.4, -0.2) is 48.1 Å². The fourth-order valence-corrected chi connectivity index (χ4v) is 1.50. The summed E-state index contributed by atoms with van der Waals surface area (Å²) in [6.07, 6.45) is 3.53. The Labute approximate surface area is 123 Å². The van der Waals surface area contributed by atoms with E-state index in [1.165, 1.54) is 12.8 Å². The van der Waals surface area contributed by atoms with Crippen molar-refractivity contribution in [1.82, 2.24) is 5.32 Å². The number of aliphatic hydroxyl groups excluding tert-OH is 2. The second-order valence-corrected chi connectivity index (χ2v) is 5.77. The number of aliphatic hydroxyl groups is 2. The van der Waals surface area contributed by atoms with Gasteiger partial charge < -0.3 is 20.3 Å². The summed E-state index contributed by atoms with van der Waals surface area (Å²) < 4.78 is 5.78. The lowest BCUT2D eigenvalue weighted by Crippen LogP contribution is -2.28. The number of ether oxygens (including phenoxy) is 1.